The summed E-state index contributed by atoms with van der Waals surface area (Å²) in [7, 11) is 0. The fourth-order valence-electron chi connectivity index (χ4n) is 2.86. The Hall–Kier alpha value is -2.62. The second-order valence-corrected chi connectivity index (χ2v) is 4.93. The quantitative estimate of drug-likeness (QED) is 0.671. The van der Waals surface area contributed by atoms with Gasteiger partial charge in [-0.3, -0.25) is 10.1 Å². The van der Waals surface area contributed by atoms with Crippen molar-refractivity contribution in [2.45, 2.75) is 12.8 Å². The van der Waals surface area contributed by atoms with Crippen LogP contribution in [-0.2, 0) is 0 Å². The van der Waals surface area contributed by atoms with E-state index in [4.69, 9.17) is 5.73 Å². The van der Waals surface area contributed by atoms with Gasteiger partial charge < -0.3 is 5.73 Å². The van der Waals surface area contributed by atoms with Gasteiger partial charge in [0.15, 0.2) is 0 Å². The van der Waals surface area contributed by atoms with Gasteiger partial charge in [0.2, 0.25) is 0 Å². The second-order valence-electron chi connectivity index (χ2n) is 4.93. The first kappa shape index (κ1) is 12.4. The molecule has 3 rings (SSSR count). The smallest absolute Gasteiger partial charge is 0.281 e. The lowest BCUT2D eigenvalue weighted by molar-refractivity contribution is -0.427. The Morgan fingerprint density at radius 2 is 1.65 bits per heavy atom. The summed E-state index contributed by atoms with van der Waals surface area (Å²) in [6.07, 6.45) is 0. The van der Waals surface area contributed by atoms with Crippen molar-refractivity contribution >= 4 is 5.70 Å². The Kier molecular flexibility index (Phi) is 2.79. The molecular weight excluding hydrogens is 252 g/mol. The summed E-state index contributed by atoms with van der Waals surface area (Å²) in [5.41, 5.74) is 10.0. The van der Waals surface area contributed by atoms with Crippen molar-refractivity contribution < 1.29 is 4.92 Å². The molecule has 1 aliphatic rings. The molecule has 100 valence electrons. The average molecular weight is 266 g/mol. The van der Waals surface area contributed by atoms with Crippen LogP contribution < -0.4 is 5.73 Å². The predicted molar refractivity (Wildman–Crippen MR) is 77.6 cm³/mol. The van der Waals surface area contributed by atoms with Crippen molar-refractivity contribution in [1.82, 2.24) is 0 Å². The van der Waals surface area contributed by atoms with Crippen LogP contribution in [0.4, 0.5) is 0 Å². The maximum absolute atomic E-state index is 11.4. The Labute approximate surface area is 116 Å². The molecule has 2 N–H and O–H groups in total. The van der Waals surface area contributed by atoms with Crippen LogP contribution in [0.2, 0.25) is 0 Å². The molecule has 4 nitrogen and oxygen atoms in total. The lowest BCUT2D eigenvalue weighted by atomic mass is 9.88. The van der Waals surface area contributed by atoms with Gasteiger partial charge in [-0.05, 0) is 23.6 Å². The molecule has 0 saturated heterocycles. The van der Waals surface area contributed by atoms with E-state index >= 15 is 0 Å². The standard InChI is InChI=1S/C16H14N2O2/c1-10-6-2-3-7-11(10)14-12-8-4-5-9-13(12)15(17)16(14)18(19)20/h2-9,14H,17H2,1H3. The molecule has 0 radical (unpaired) electrons. The Morgan fingerprint density at radius 1 is 1.05 bits per heavy atom. The van der Waals surface area contributed by atoms with E-state index in [9.17, 15) is 10.1 Å². The Balaban J connectivity index is 2.28. The van der Waals surface area contributed by atoms with Crippen LogP contribution in [0.1, 0.15) is 28.2 Å². The van der Waals surface area contributed by atoms with E-state index in [0.29, 0.717) is 0 Å². The molecule has 0 fully saturated rings. The fourth-order valence-corrected chi connectivity index (χ4v) is 2.86. The van der Waals surface area contributed by atoms with Crippen LogP contribution in [0.5, 0.6) is 0 Å². The highest BCUT2D eigenvalue weighted by Crippen LogP contribution is 2.44. The van der Waals surface area contributed by atoms with E-state index in [2.05, 4.69) is 0 Å². The molecule has 0 amide bonds. The van der Waals surface area contributed by atoms with Crippen LogP contribution in [0, 0.1) is 17.0 Å². The molecule has 1 unspecified atom stereocenters. The summed E-state index contributed by atoms with van der Waals surface area (Å²) in [6, 6.07) is 15.2. The van der Waals surface area contributed by atoms with Gasteiger partial charge in [-0.15, -0.1) is 0 Å². The van der Waals surface area contributed by atoms with Gasteiger partial charge in [0.05, 0.1) is 4.92 Å². The van der Waals surface area contributed by atoms with Crippen molar-refractivity contribution in [2.75, 3.05) is 0 Å². The van der Waals surface area contributed by atoms with E-state index in [-0.39, 0.29) is 22.2 Å². The third-order valence-corrected chi connectivity index (χ3v) is 3.81. The Bertz CT molecular complexity index is 735. The highest BCUT2D eigenvalue weighted by Gasteiger charge is 2.39. The SMILES string of the molecule is Cc1ccccc1C1C([N+](=O)[O-])=C(N)c2ccccc21. The van der Waals surface area contributed by atoms with E-state index in [1.165, 1.54) is 0 Å². The van der Waals surface area contributed by atoms with Crippen LogP contribution in [-0.4, -0.2) is 4.92 Å². The maximum atomic E-state index is 11.4. The van der Waals surface area contributed by atoms with Gasteiger partial charge in [-0.25, -0.2) is 0 Å². The van der Waals surface area contributed by atoms with Crippen LogP contribution in [0.25, 0.3) is 5.70 Å². The molecule has 2 aromatic rings. The van der Waals surface area contributed by atoms with Crippen molar-refractivity contribution in [3.05, 3.63) is 86.6 Å². The molecule has 1 aliphatic carbocycles. The minimum Gasteiger partial charge on any atom is -0.393 e. The lowest BCUT2D eigenvalue weighted by Crippen LogP contribution is -2.11. The number of hydrogen-bond acceptors (Lipinski definition) is 3. The normalized spacial score (nSPS) is 17.1. The van der Waals surface area contributed by atoms with Gasteiger partial charge in [0.25, 0.3) is 5.70 Å². The van der Waals surface area contributed by atoms with E-state index < -0.39 is 0 Å². The van der Waals surface area contributed by atoms with Crippen molar-refractivity contribution in [3.8, 4) is 0 Å². The minimum absolute atomic E-state index is 0.0838. The molecule has 0 spiro atoms. The van der Waals surface area contributed by atoms with E-state index in [1.54, 1.807) is 0 Å². The monoisotopic (exact) mass is 266 g/mol. The first-order chi connectivity index (χ1) is 9.61. The molecule has 1 atom stereocenters. The minimum atomic E-state index is -0.387. The zero-order valence-electron chi connectivity index (χ0n) is 11.0. The number of aryl methyl sites for hydroxylation is 1. The highest BCUT2D eigenvalue weighted by molar-refractivity contribution is 5.76. The van der Waals surface area contributed by atoms with Gasteiger partial charge in [0.1, 0.15) is 11.6 Å². The lowest BCUT2D eigenvalue weighted by Gasteiger charge is -2.14. The summed E-state index contributed by atoms with van der Waals surface area (Å²) >= 11 is 0. The molecule has 2 aromatic carbocycles. The van der Waals surface area contributed by atoms with Crippen molar-refractivity contribution in [3.63, 3.8) is 0 Å². The molecule has 0 heterocycles. The average Bonchev–Trinajstić information content (AvgIpc) is 2.73. The number of benzene rings is 2. The summed E-state index contributed by atoms with van der Waals surface area (Å²) < 4.78 is 0. The predicted octanol–water partition coefficient (Wildman–Crippen LogP) is 3.04. The third kappa shape index (κ3) is 1.69. The second kappa shape index (κ2) is 4.49. The summed E-state index contributed by atoms with van der Waals surface area (Å²) in [5, 5.41) is 11.4. The number of allylic oxidation sites excluding steroid dienone is 1. The zero-order valence-corrected chi connectivity index (χ0v) is 11.0. The Morgan fingerprint density at radius 3 is 2.30 bits per heavy atom. The van der Waals surface area contributed by atoms with E-state index in [0.717, 1.165) is 22.3 Å². The van der Waals surface area contributed by atoms with Gasteiger partial charge in [-0.2, -0.15) is 0 Å². The van der Waals surface area contributed by atoms with Gasteiger partial charge in [-0.1, -0.05) is 48.5 Å². The topological polar surface area (TPSA) is 69.2 Å². The maximum Gasteiger partial charge on any atom is 0.281 e. The zero-order chi connectivity index (χ0) is 14.3. The largest absolute Gasteiger partial charge is 0.393 e. The number of hydrogen-bond donors (Lipinski definition) is 1. The molecule has 0 saturated carbocycles. The van der Waals surface area contributed by atoms with Gasteiger partial charge >= 0.3 is 0 Å². The molecule has 0 bridgehead atoms. The van der Waals surface area contributed by atoms with Gasteiger partial charge in [0, 0.05) is 5.56 Å². The van der Waals surface area contributed by atoms with E-state index in [1.807, 2.05) is 55.5 Å². The summed E-state index contributed by atoms with van der Waals surface area (Å²) in [5.74, 6) is -0.387. The van der Waals surface area contributed by atoms with Crippen molar-refractivity contribution in [2.24, 2.45) is 5.73 Å². The molecular formula is C16H14N2O2. The van der Waals surface area contributed by atoms with Crippen molar-refractivity contribution in [1.29, 1.82) is 0 Å². The number of fused-ring (bicyclic) bond motifs is 1. The number of rotatable bonds is 2. The summed E-state index contributed by atoms with van der Waals surface area (Å²) in [4.78, 5) is 11.1. The molecule has 4 heteroatoms. The number of nitro groups is 1. The number of nitrogens with zero attached hydrogens (tertiary/aromatic N) is 1. The molecule has 0 aliphatic heterocycles. The van der Waals surface area contributed by atoms with Crippen LogP contribution in [0.15, 0.2) is 54.2 Å². The first-order valence-corrected chi connectivity index (χ1v) is 6.40. The highest BCUT2D eigenvalue weighted by atomic mass is 16.6. The first-order valence-electron chi connectivity index (χ1n) is 6.40. The molecule has 0 aromatic heterocycles. The number of nitrogens with two attached hydrogens (primary N) is 1. The van der Waals surface area contributed by atoms with Crippen LogP contribution in [0.3, 0.4) is 0 Å². The fraction of sp³-hybridized carbons (Fsp3) is 0.125. The molecule has 20 heavy (non-hydrogen) atoms. The van der Waals surface area contributed by atoms with Crippen LogP contribution >= 0.6 is 0 Å². The third-order valence-electron chi connectivity index (χ3n) is 3.81. The summed E-state index contributed by atoms with van der Waals surface area (Å²) in [6.45, 7) is 1.96.